The Morgan fingerprint density at radius 2 is 1.92 bits per heavy atom. The Bertz CT molecular complexity index is 1190. The fourth-order valence-electron chi connectivity index (χ4n) is 5.14. The molecule has 2 aliphatic heterocycles. The number of methoxy groups -OCH3 is 1. The van der Waals surface area contributed by atoms with Gasteiger partial charge in [-0.2, -0.15) is 0 Å². The van der Waals surface area contributed by atoms with E-state index in [-0.39, 0.29) is 17.8 Å². The predicted octanol–water partition coefficient (Wildman–Crippen LogP) is 4.49. The molecule has 1 fully saturated rings. The largest absolute Gasteiger partial charge is 0.490 e. The third-order valence-electron chi connectivity index (χ3n) is 7.03. The van der Waals surface area contributed by atoms with Gasteiger partial charge in [0.25, 0.3) is 0 Å². The molecule has 0 radical (unpaired) electrons. The maximum absolute atomic E-state index is 13.5. The van der Waals surface area contributed by atoms with Crippen LogP contribution < -0.4 is 19.7 Å². The highest BCUT2D eigenvalue weighted by Crippen LogP contribution is 2.34. The highest BCUT2D eigenvalue weighted by atomic mass is 19.1. The van der Waals surface area contributed by atoms with Gasteiger partial charge < -0.3 is 34.3 Å². The van der Waals surface area contributed by atoms with E-state index in [1.165, 1.54) is 12.1 Å². The van der Waals surface area contributed by atoms with Crippen LogP contribution in [0.2, 0.25) is 0 Å². The molecule has 5 rings (SSSR count). The number of β-amino-alcohol motifs (C(OH)–C–C–N with tert-alkyl or cyclic N) is 1. The number of aliphatic hydroxyl groups excluding tert-OH is 1. The molecular formula is C30H35FN2O5. The first kappa shape index (κ1) is 26.4. The summed E-state index contributed by atoms with van der Waals surface area (Å²) in [4.78, 5) is 2.34. The Labute approximate surface area is 223 Å². The molecule has 0 aliphatic carbocycles. The summed E-state index contributed by atoms with van der Waals surface area (Å²) in [6.45, 7) is 4.73. The van der Waals surface area contributed by atoms with Gasteiger partial charge in [-0.1, -0.05) is 24.3 Å². The molecule has 3 aromatic carbocycles. The van der Waals surface area contributed by atoms with Crippen LogP contribution in [-0.2, 0) is 16.1 Å². The van der Waals surface area contributed by atoms with Crippen LogP contribution in [0.4, 0.5) is 10.1 Å². The molecule has 1 unspecified atom stereocenters. The molecule has 7 nitrogen and oxygen atoms in total. The number of ether oxygens (including phenoxy) is 4. The van der Waals surface area contributed by atoms with Crippen LogP contribution in [0.25, 0.3) is 0 Å². The van der Waals surface area contributed by atoms with Crippen molar-refractivity contribution in [2.24, 2.45) is 0 Å². The zero-order valence-electron chi connectivity index (χ0n) is 21.6. The molecule has 0 amide bonds. The topological polar surface area (TPSA) is 72.4 Å². The minimum absolute atomic E-state index is 0.189. The number of benzene rings is 3. The number of hydrogen-bond acceptors (Lipinski definition) is 7. The van der Waals surface area contributed by atoms with E-state index >= 15 is 0 Å². The number of nitrogens with zero attached hydrogens (tertiary/aromatic N) is 1. The maximum Gasteiger partial charge on any atom is 0.142 e. The molecular weight excluding hydrogens is 487 g/mol. The summed E-state index contributed by atoms with van der Waals surface area (Å²) in [7, 11) is 1.72. The standard InChI is InChI=1S/C30H35FN2O5/c1-35-14-3-12-33-13-15-36-28-11-6-21(16-26(28)33)20-37-29-19-32-18-27(34)30(29)22-7-9-24(10-8-22)38-25-5-2-4-23(31)17-25/h2,4-11,16-17,27,29-30,32,34H,3,12-15,18-20H2,1H3/t27-,29+,30?/m1/s1. The van der Waals surface area contributed by atoms with Crippen molar-refractivity contribution in [2.75, 3.05) is 51.4 Å². The Balaban J connectivity index is 1.25. The molecule has 2 heterocycles. The molecule has 0 aromatic heterocycles. The summed E-state index contributed by atoms with van der Waals surface area (Å²) in [5, 5.41) is 14.2. The number of anilines is 1. The van der Waals surface area contributed by atoms with Crippen molar-refractivity contribution in [1.29, 1.82) is 0 Å². The molecule has 2 aliphatic rings. The third kappa shape index (κ3) is 6.45. The van der Waals surface area contributed by atoms with Gasteiger partial charge in [0, 0.05) is 45.3 Å². The number of halogens is 1. The lowest BCUT2D eigenvalue weighted by molar-refractivity contribution is -0.0328. The lowest BCUT2D eigenvalue weighted by atomic mass is 9.85. The van der Waals surface area contributed by atoms with Crippen LogP contribution >= 0.6 is 0 Å². The SMILES string of the molecule is COCCCN1CCOc2ccc(CO[C@H]3CNC[C@@H](O)C3c3ccc(Oc4cccc(F)c4)cc3)cc21. The summed E-state index contributed by atoms with van der Waals surface area (Å²) in [5.74, 6) is 1.40. The van der Waals surface area contributed by atoms with Gasteiger partial charge >= 0.3 is 0 Å². The average Bonchev–Trinajstić information content (AvgIpc) is 2.93. The number of rotatable bonds is 10. The van der Waals surface area contributed by atoms with Gasteiger partial charge in [-0.25, -0.2) is 4.39 Å². The van der Waals surface area contributed by atoms with Gasteiger partial charge in [-0.15, -0.1) is 0 Å². The molecule has 0 spiro atoms. The van der Waals surface area contributed by atoms with Crippen LogP contribution in [0.3, 0.4) is 0 Å². The summed E-state index contributed by atoms with van der Waals surface area (Å²) in [6.07, 6.45) is 0.159. The first-order chi connectivity index (χ1) is 18.6. The van der Waals surface area contributed by atoms with Gasteiger partial charge in [-0.05, 0) is 53.9 Å². The normalized spacial score (nSPS) is 21.0. The number of fused-ring (bicyclic) bond motifs is 1. The summed E-state index contributed by atoms with van der Waals surface area (Å²) in [6, 6.07) is 19.8. The molecule has 8 heteroatoms. The monoisotopic (exact) mass is 522 g/mol. The van der Waals surface area contributed by atoms with Crippen LogP contribution in [0, 0.1) is 5.82 Å². The van der Waals surface area contributed by atoms with Crippen LogP contribution in [-0.4, -0.2) is 63.8 Å². The van der Waals surface area contributed by atoms with E-state index in [1.807, 2.05) is 36.4 Å². The van der Waals surface area contributed by atoms with E-state index in [0.717, 1.165) is 48.7 Å². The lowest BCUT2D eigenvalue weighted by Gasteiger charge is -2.36. The van der Waals surface area contributed by atoms with Crippen molar-refractivity contribution in [3.05, 3.63) is 83.7 Å². The second kappa shape index (κ2) is 12.6. The number of aliphatic hydroxyl groups is 1. The fourth-order valence-corrected chi connectivity index (χ4v) is 5.14. The van der Waals surface area contributed by atoms with E-state index in [4.69, 9.17) is 18.9 Å². The van der Waals surface area contributed by atoms with Gasteiger partial charge in [0.05, 0.1) is 31.0 Å². The molecule has 0 bridgehead atoms. The number of nitrogens with one attached hydrogen (secondary N) is 1. The average molecular weight is 523 g/mol. The Kier molecular flexibility index (Phi) is 8.75. The molecule has 0 saturated carbocycles. The quantitative estimate of drug-likeness (QED) is 0.380. The zero-order valence-corrected chi connectivity index (χ0v) is 21.6. The van der Waals surface area contributed by atoms with E-state index in [0.29, 0.717) is 37.8 Å². The van der Waals surface area contributed by atoms with Gasteiger partial charge in [0.15, 0.2) is 0 Å². The highest BCUT2D eigenvalue weighted by molar-refractivity contribution is 5.61. The minimum Gasteiger partial charge on any atom is -0.490 e. The Hall–Kier alpha value is -3.17. The summed E-state index contributed by atoms with van der Waals surface area (Å²) < 4.78 is 36.7. The second-order valence-electron chi connectivity index (χ2n) is 9.71. The third-order valence-corrected chi connectivity index (χ3v) is 7.03. The van der Waals surface area contributed by atoms with E-state index in [9.17, 15) is 9.50 Å². The van der Waals surface area contributed by atoms with E-state index in [2.05, 4.69) is 16.3 Å². The Morgan fingerprint density at radius 3 is 2.74 bits per heavy atom. The molecule has 2 N–H and O–H groups in total. The van der Waals surface area contributed by atoms with E-state index in [1.54, 1.807) is 19.2 Å². The molecule has 3 aromatic rings. The van der Waals surface area contributed by atoms with Gasteiger partial charge in [0.2, 0.25) is 0 Å². The van der Waals surface area contributed by atoms with Crippen molar-refractivity contribution in [3.63, 3.8) is 0 Å². The van der Waals surface area contributed by atoms with Crippen LogP contribution in [0.5, 0.6) is 17.2 Å². The Morgan fingerprint density at radius 1 is 1.05 bits per heavy atom. The van der Waals surface area contributed by atoms with Crippen LogP contribution in [0.1, 0.15) is 23.5 Å². The number of hydrogen-bond donors (Lipinski definition) is 2. The highest BCUT2D eigenvalue weighted by Gasteiger charge is 2.34. The summed E-state index contributed by atoms with van der Waals surface area (Å²) in [5.41, 5.74) is 3.11. The fraction of sp³-hybridized carbons (Fsp3) is 0.400. The smallest absolute Gasteiger partial charge is 0.142 e. The second-order valence-corrected chi connectivity index (χ2v) is 9.71. The van der Waals surface area contributed by atoms with Crippen molar-refractivity contribution in [3.8, 4) is 17.2 Å². The van der Waals surface area contributed by atoms with E-state index < -0.39 is 6.10 Å². The minimum atomic E-state index is -0.586. The first-order valence-corrected chi connectivity index (χ1v) is 13.1. The lowest BCUT2D eigenvalue weighted by Crippen LogP contribution is -2.49. The zero-order chi connectivity index (χ0) is 26.3. The van der Waals surface area contributed by atoms with Crippen LogP contribution in [0.15, 0.2) is 66.7 Å². The molecule has 3 atom stereocenters. The van der Waals surface area contributed by atoms with Crippen molar-refractivity contribution in [1.82, 2.24) is 5.32 Å². The van der Waals surface area contributed by atoms with Gasteiger partial charge in [-0.3, -0.25) is 0 Å². The molecule has 202 valence electrons. The number of piperidine rings is 1. The van der Waals surface area contributed by atoms with Crippen molar-refractivity contribution in [2.45, 2.75) is 31.2 Å². The molecule has 1 saturated heterocycles. The predicted molar refractivity (Wildman–Crippen MR) is 144 cm³/mol. The molecule has 38 heavy (non-hydrogen) atoms. The van der Waals surface area contributed by atoms with Crippen molar-refractivity contribution >= 4 is 5.69 Å². The summed E-state index contributed by atoms with van der Waals surface area (Å²) >= 11 is 0. The maximum atomic E-state index is 13.5. The first-order valence-electron chi connectivity index (χ1n) is 13.1. The van der Waals surface area contributed by atoms with Crippen molar-refractivity contribution < 1.29 is 28.4 Å². The van der Waals surface area contributed by atoms with Gasteiger partial charge in [0.1, 0.15) is 29.7 Å².